The van der Waals surface area contributed by atoms with E-state index in [1.54, 1.807) is 0 Å². The lowest BCUT2D eigenvalue weighted by atomic mass is 10.1. The molecule has 1 rings (SSSR count). The van der Waals surface area contributed by atoms with E-state index in [-0.39, 0.29) is 28.7 Å². The fraction of sp³-hybridized carbons (Fsp3) is 0.385. The summed E-state index contributed by atoms with van der Waals surface area (Å²) in [7, 11) is 0. The van der Waals surface area contributed by atoms with Crippen LogP contribution in [0.25, 0.3) is 0 Å². The number of halogens is 1. The highest BCUT2D eigenvalue weighted by Crippen LogP contribution is 2.25. The molecular formula is C13H16ClN3O4. The van der Waals surface area contributed by atoms with Gasteiger partial charge in [-0.3, -0.25) is 19.7 Å². The standard InChI is InChI=1S/C13H16ClN3O4/c1-8(2)6-16(7-12(15)18)13(19)9-3-4-11(17(20)21)10(14)5-9/h3-5,8H,6-7H2,1-2H3,(H2,15,18). The maximum absolute atomic E-state index is 12.3. The van der Waals surface area contributed by atoms with E-state index in [9.17, 15) is 19.7 Å². The molecule has 0 aliphatic heterocycles. The van der Waals surface area contributed by atoms with Gasteiger partial charge in [-0.05, 0) is 18.1 Å². The number of nitrogens with zero attached hydrogens (tertiary/aromatic N) is 2. The van der Waals surface area contributed by atoms with Gasteiger partial charge in [0.05, 0.1) is 11.5 Å². The van der Waals surface area contributed by atoms with Crippen molar-refractivity contribution < 1.29 is 14.5 Å². The second kappa shape index (κ2) is 7.03. The topological polar surface area (TPSA) is 107 Å². The zero-order valence-electron chi connectivity index (χ0n) is 11.7. The molecule has 1 aromatic rings. The summed E-state index contributed by atoms with van der Waals surface area (Å²) >= 11 is 5.78. The number of nitro groups is 1. The van der Waals surface area contributed by atoms with Crippen LogP contribution in [-0.2, 0) is 4.79 Å². The monoisotopic (exact) mass is 313 g/mol. The lowest BCUT2D eigenvalue weighted by Gasteiger charge is -2.23. The number of primary amides is 1. The van der Waals surface area contributed by atoms with E-state index in [4.69, 9.17) is 17.3 Å². The molecule has 0 radical (unpaired) electrons. The van der Waals surface area contributed by atoms with Crippen molar-refractivity contribution in [2.24, 2.45) is 11.7 Å². The van der Waals surface area contributed by atoms with E-state index in [1.165, 1.54) is 17.0 Å². The predicted molar refractivity (Wildman–Crippen MR) is 78.0 cm³/mol. The molecule has 0 aliphatic carbocycles. The van der Waals surface area contributed by atoms with Crippen LogP contribution in [0.5, 0.6) is 0 Å². The lowest BCUT2D eigenvalue weighted by Crippen LogP contribution is -2.40. The van der Waals surface area contributed by atoms with Crippen molar-refractivity contribution in [1.82, 2.24) is 4.90 Å². The highest BCUT2D eigenvalue weighted by Gasteiger charge is 2.21. The molecule has 7 nitrogen and oxygen atoms in total. The van der Waals surface area contributed by atoms with Crippen molar-refractivity contribution >= 4 is 29.1 Å². The van der Waals surface area contributed by atoms with E-state index in [0.29, 0.717) is 6.54 Å². The smallest absolute Gasteiger partial charge is 0.287 e. The van der Waals surface area contributed by atoms with Gasteiger partial charge >= 0.3 is 0 Å². The van der Waals surface area contributed by atoms with E-state index >= 15 is 0 Å². The van der Waals surface area contributed by atoms with E-state index in [0.717, 1.165) is 6.07 Å². The van der Waals surface area contributed by atoms with Crippen molar-refractivity contribution in [2.75, 3.05) is 13.1 Å². The zero-order chi connectivity index (χ0) is 16.2. The molecule has 2 N–H and O–H groups in total. The van der Waals surface area contributed by atoms with Crippen LogP contribution < -0.4 is 5.73 Å². The van der Waals surface area contributed by atoms with Gasteiger partial charge in [-0.1, -0.05) is 25.4 Å². The number of hydrogen-bond donors (Lipinski definition) is 1. The van der Waals surface area contributed by atoms with E-state index in [2.05, 4.69) is 0 Å². The molecule has 1 aromatic carbocycles. The van der Waals surface area contributed by atoms with Gasteiger partial charge in [-0.25, -0.2) is 0 Å². The molecule has 2 amide bonds. The summed E-state index contributed by atoms with van der Waals surface area (Å²) in [6.45, 7) is 3.91. The first kappa shape index (κ1) is 16.9. The summed E-state index contributed by atoms with van der Waals surface area (Å²) in [6, 6.07) is 3.68. The third-order valence-electron chi connectivity index (χ3n) is 2.61. The molecule has 0 unspecified atom stereocenters. The van der Waals surface area contributed by atoms with Crippen LogP contribution in [0.1, 0.15) is 24.2 Å². The third kappa shape index (κ3) is 4.71. The summed E-state index contributed by atoms with van der Waals surface area (Å²) in [4.78, 5) is 34.7. The van der Waals surface area contributed by atoms with Gasteiger partial charge in [-0.2, -0.15) is 0 Å². The van der Waals surface area contributed by atoms with Crippen LogP contribution >= 0.6 is 11.6 Å². The molecule has 0 fully saturated rings. The molecule has 0 saturated heterocycles. The summed E-state index contributed by atoms with van der Waals surface area (Å²) in [5.41, 5.74) is 5.02. The Morgan fingerprint density at radius 2 is 2.05 bits per heavy atom. The number of carbonyl (C=O) groups excluding carboxylic acids is 2. The van der Waals surface area contributed by atoms with Crippen molar-refractivity contribution in [3.8, 4) is 0 Å². The Labute approximate surface area is 126 Å². The molecule has 114 valence electrons. The molecule has 0 atom stereocenters. The first-order chi connectivity index (χ1) is 9.72. The largest absolute Gasteiger partial charge is 0.368 e. The number of nitrogens with two attached hydrogens (primary N) is 1. The number of amides is 2. The second-order valence-corrected chi connectivity index (χ2v) is 5.38. The Morgan fingerprint density at radius 3 is 2.48 bits per heavy atom. The van der Waals surface area contributed by atoms with Crippen LogP contribution in [-0.4, -0.2) is 34.7 Å². The lowest BCUT2D eigenvalue weighted by molar-refractivity contribution is -0.384. The quantitative estimate of drug-likeness (QED) is 0.638. The average Bonchev–Trinajstić information content (AvgIpc) is 2.35. The number of carbonyl (C=O) groups is 2. The normalized spacial score (nSPS) is 10.5. The average molecular weight is 314 g/mol. The highest BCUT2D eigenvalue weighted by atomic mass is 35.5. The van der Waals surface area contributed by atoms with Gasteiger partial charge in [0.2, 0.25) is 5.91 Å². The summed E-state index contributed by atoms with van der Waals surface area (Å²) < 4.78 is 0. The minimum absolute atomic E-state index is 0.130. The van der Waals surface area contributed by atoms with Crippen LogP contribution in [0.3, 0.4) is 0 Å². The fourth-order valence-electron chi connectivity index (χ4n) is 1.82. The van der Waals surface area contributed by atoms with Gasteiger partial charge in [0.25, 0.3) is 11.6 Å². The Balaban J connectivity index is 3.05. The molecule has 0 spiro atoms. The minimum atomic E-state index is -0.633. The maximum atomic E-state index is 12.3. The molecule has 0 bridgehead atoms. The van der Waals surface area contributed by atoms with Crippen LogP contribution in [0.4, 0.5) is 5.69 Å². The zero-order valence-corrected chi connectivity index (χ0v) is 12.5. The van der Waals surface area contributed by atoms with Gasteiger partial charge < -0.3 is 10.6 Å². The maximum Gasteiger partial charge on any atom is 0.287 e. The first-order valence-electron chi connectivity index (χ1n) is 6.24. The fourth-order valence-corrected chi connectivity index (χ4v) is 2.07. The molecule has 0 saturated carbocycles. The highest BCUT2D eigenvalue weighted by molar-refractivity contribution is 6.33. The first-order valence-corrected chi connectivity index (χ1v) is 6.61. The van der Waals surface area contributed by atoms with Crippen molar-refractivity contribution in [1.29, 1.82) is 0 Å². The Morgan fingerprint density at radius 1 is 1.43 bits per heavy atom. The second-order valence-electron chi connectivity index (χ2n) is 4.97. The van der Waals surface area contributed by atoms with Crippen LogP contribution in [0.15, 0.2) is 18.2 Å². The third-order valence-corrected chi connectivity index (χ3v) is 2.91. The summed E-state index contributed by atoms with van der Waals surface area (Å²) in [6.07, 6.45) is 0. The van der Waals surface area contributed by atoms with Gasteiger partial charge in [0.15, 0.2) is 0 Å². The van der Waals surface area contributed by atoms with Crippen molar-refractivity contribution in [3.63, 3.8) is 0 Å². The minimum Gasteiger partial charge on any atom is -0.368 e. The molecular weight excluding hydrogens is 298 g/mol. The van der Waals surface area contributed by atoms with Gasteiger partial charge in [0.1, 0.15) is 5.02 Å². The summed E-state index contributed by atoms with van der Waals surface area (Å²) in [5.74, 6) is -0.932. The molecule has 0 aliphatic rings. The Kier molecular flexibility index (Phi) is 5.66. The number of rotatable bonds is 6. The van der Waals surface area contributed by atoms with Crippen molar-refractivity contribution in [3.05, 3.63) is 38.9 Å². The molecule has 8 heteroatoms. The van der Waals surface area contributed by atoms with Gasteiger partial charge in [0, 0.05) is 18.2 Å². The number of benzene rings is 1. The Bertz CT molecular complexity index is 575. The summed E-state index contributed by atoms with van der Waals surface area (Å²) in [5, 5.41) is 10.6. The number of hydrogen-bond acceptors (Lipinski definition) is 4. The molecule has 0 heterocycles. The SMILES string of the molecule is CC(C)CN(CC(N)=O)C(=O)c1ccc([N+](=O)[O-])c(Cl)c1. The van der Waals surface area contributed by atoms with Gasteiger partial charge in [-0.15, -0.1) is 0 Å². The van der Waals surface area contributed by atoms with Crippen LogP contribution in [0, 0.1) is 16.0 Å². The van der Waals surface area contributed by atoms with E-state index < -0.39 is 16.7 Å². The molecule has 21 heavy (non-hydrogen) atoms. The van der Waals surface area contributed by atoms with Crippen LogP contribution in [0.2, 0.25) is 5.02 Å². The number of nitro benzene ring substituents is 1. The van der Waals surface area contributed by atoms with Crippen molar-refractivity contribution in [2.45, 2.75) is 13.8 Å². The van der Waals surface area contributed by atoms with E-state index in [1.807, 2.05) is 13.8 Å². The molecule has 0 aromatic heterocycles. The Hall–Kier alpha value is -2.15. The predicted octanol–water partition coefficient (Wildman–Crippen LogP) is 1.83.